The van der Waals surface area contributed by atoms with Gasteiger partial charge in [-0.25, -0.2) is 0 Å². The maximum Gasteiger partial charge on any atom is 0.303 e. The summed E-state index contributed by atoms with van der Waals surface area (Å²) in [7, 11) is 0. The van der Waals surface area contributed by atoms with Gasteiger partial charge in [-0.3, -0.25) is 4.79 Å². The summed E-state index contributed by atoms with van der Waals surface area (Å²) in [6.07, 6.45) is 1.40. The van der Waals surface area contributed by atoms with E-state index in [9.17, 15) is 4.79 Å². The van der Waals surface area contributed by atoms with Gasteiger partial charge in [-0.05, 0) is 36.1 Å². The molecule has 1 unspecified atom stereocenters. The number of benzene rings is 1. The smallest absolute Gasteiger partial charge is 0.303 e. The molecule has 1 rings (SSSR count). The number of hydrogen-bond acceptors (Lipinski definition) is 2. The second-order valence-electron chi connectivity index (χ2n) is 3.79. The molecule has 0 saturated heterocycles. The Balaban J connectivity index is 2.77. The highest BCUT2D eigenvalue weighted by molar-refractivity contribution is 6.30. The summed E-state index contributed by atoms with van der Waals surface area (Å²) >= 11 is 5.96. The van der Waals surface area contributed by atoms with Crippen molar-refractivity contribution in [3.8, 4) is 0 Å². The quantitative estimate of drug-likeness (QED) is 0.833. The molecule has 0 radical (unpaired) electrons. The first-order chi connectivity index (χ1) is 7.52. The lowest BCUT2D eigenvalue weighted by atomic mass is 10.00. The SMILES string of the molecule is CCc1cc(Cl)cc(C(N)CCC(=O)O)c1. The zero-order chi connectivity index (χ0) is 12.1. The van der Waals surface area contributed by atoms with Crippen molar-refractivity contribution in [1.29, 1.82) is 0 Å². The van der Waals surface area contributed by atoms with E-state index in [1.54, 1.807) is 6.07 Å². The molecule has 3 N–H and O–H groups in total. The van der Waals surface area contributed by atoms with E-state index in [2.05, 4.69) is 0 Å². The highest BCUT2D eigenvalue weighted by Gasteiger charge is 2.10. The molecule has 16 heavy (non-hydrogen) atoms. The van der Waals surface area contributed by atoms with Crippen LogP contribution in [0.25, 0.3) is 0 Å². The number of hydrogen-bond donors (Lipinski definition) is 2. The van der Waals surface area contributed by atoms with Crippen molar-refractivity contribution in [1.82, 2.24) is 0 Å². The number of carboxylic acids is 1. The van der Waals surface area contributed by atoms with Crippen LogP contribution in [0.4, 0.5) is 0 Å². The molecule has 0 aromatic heterocycles. The van der Waals surface area contributed by atoms with Gasteiger partial charge in [-0.15, -0.1) is 0 Å². The Morgan fingerprint density at radius 1 is 1.50 bits per heavy atom. The molecule has 0 spiro atoms. The first-order valence-corrected chi connectivity index (χ1v) is 5.67. The zero-order valence-electron chi connectivity index (χ0n) is 9.24. The Hall–Kier alpha value is -1.06. The molecule has 4 heteroatoms. The topological polar surface area (TPSA) is 63.3 Å². The van der Waals surface area contributed by atoms with Gasteiger partial charge in [0.25, 0.3) is 0 Å². The van der Waals surface area contributed by atoms with Crippen LogP contribution in [0, 0.1) is 0 Å². The molecule has 1 atom stereocenters. The standard InChI is InChI=1S/C12H16ClNO2/c1-2-8-5-9(7-10(13)6-8)11(14)3-4-12(15)16/h5-7,11H,2-4,14H2,1H3,(H,15,16). The molecule has 0 amide bonds. The lowest BCUT2D eigenvalue weighted by molar-refractivity contribution is -0.137. The van der Waals surface area contributed by atoms with Gasteiger partial charge in [0.2, 0.25) is 0 Å². The summed E-state index contributed by atoms with van der Waals surface area (Å²) in [5.41, 5.74) is 7.94. The maximum atomic E-state index is 10.4. The van der Waals surface area contributed by atoms with E-state index in [0.717, 1.165) is 17.5 Å². The molecule has 0 heterocycles. The summed E-state index contributed by atoms with van der Waals surface area (Å²) in [5, 5.41) is 9.24. The first-order valence-electron chi connectivity index (χ1n) is 5.29. The van der Waals surface area contributed by atoms with Crippen LogP contribution in [-0.4, -0.2) is 11.1 Å². The largest absolute Gasteiger partial charge is 0.481 e. The van der Waals surface area contributed by atoms with E-state index >= 15 is 0 Å². The van der Waals surface area contributed by atoms with Crippen molar-refractivity contribution in [2.45, 2.75) is 32.2 Å². The van der Waals surface area contributed by atoms with Gasteiger partial charge >= 0.3 is 5.97 Å². The molecule has 0 fully saturated rings. The van der Waals surface area contributed by atoms with Crippen molar-refractivity contribution in [2.75, 3.05) is 0 Å². The highest BCUT2D eigenvalue weighted by atomic mass is 35.5. The minimum atomic E-state index is -0.826. The molecule has 1 aromatic carbocycles. The van der Waals surface area contributed by atoms with Crippen LogP contribution in [0.2, 0.25) is 5.02 Å². The molecular weight excluding hydrogens is 226 g/mol. The van der Waals surface area contributed by atoms with Gasteiger partial charge in [0, 0.05) is 17.5 Å². The predicted octanol–water partition coefficient (Wildman–Crippen LogP) is 2.77. The van der Waals surface area contributed by atoms with E-state index in [0.29, 0.717) is 11.4 Å². The fourth-order valence-electron chi connectivity index (χ4n) is 1.54. The van der Waals surface area contributed by atoms with Gasteiger partial charge in [-0.1, -0.05) is 24.6 Å². The van der Waals surface area contributed by atoms with E-state index < -0.39 is 5.97 Å². The fourth-order valence-corrected chi connectivity index (χ4v) is 1.81. The third-order valence-corrected chi connectivity index (χ3v) is 2.70. The van der Waals surface area contributed by atoms with Gasteiger partial charge in [0.1, 0.15) is 0 Å². The Morgan fingerprint density at radius 3 is 2.75 bits per heavy atom. The van der Waals surface area contributed by atoms with Crippen LogP contribution >= 0.6 is 11.6 Å². The predicted molar refractivity (Wildman–Crippen MR) is 64.6 cm³/mol. The van der Waals surface area contributed by atoms with Gasteiger partial charge < -0.3 is 10.8 Å². The first kappa shape index (κ1) is 13.0. The Bertz CT molecular complexity index is 379. The van der Waals surface area contributed by atoms with Crippen LogP contribution in [-0.2, 0) is 11.2 Å². The summed E-state index contributed by atoms with van der Waals surface area (Å²) in [5.74, 6) is -0.826. The monoisotopic (exact) mass is 241 g/mol. The number of aryl methyl sites for hydroxylation is 1. The number of halogens is 1. The second kappa shape index (κ2) is 5.87. The molecule has 1 aromatic rings. The minimum absolute atomic E-state index is 0.0785. The molecule has 0 bridgehead atoms. The van der Waals surface area contributed by atoms with E-state index in [1.807, 2.05) is 19.1 Å². The van der Waals surface area contributed by atoms with Gasteiger partial charge in [0.05, 0.1) is 0 Å². The average molecular weight is 242 g/mol. The Morgan fingerprint density at radius 2 is 2.19 bits per heavy atom. The van der Waals surface area contributed by atoms with Crippen LogP contribution in [0.15, 0.2) is 18.2 Å². The maximum absolute atomic E-state index is 10.4. The van der Waals surface area contributed by atoms with Crippen molar-refractivity contribution in [3.63, 3.8) is 0 Å². The summed E-state index contributed by atoms with van der Waals surface area (Å²) < 4.78 is 0. The molecule has 0 aliphatic rings. The van der Waals surface area contributed by atoms with Gasteiger partial charge in [0.15, 0.2) is 0 Å². The molecule has 88 valence electrons. The summed E-state index contributed by atoms with van der Waals surface area (Å²) in [6, 6.07) is 5.42. The van der Waals surface area contributed by atoms with Crippen molar-refractivity contribution < 1.29 is 9.90 Å². The molecular formula is C12H16ClNO2. The summed E-state index contributed by atoms with van der Waals surface area (Å²) in [4.78, 5) is 10.4. The fraction of sp³-hybridized carbons (Fsp3) is 0.417. The molecule has 0 aliphatic carbocycles. The average Bonchev–Trinajstić information content (AvgIpc) is 2.24. The molecule has 0 aliphatic heterocycles. The van der Waals surface area contributed by atoms with Crippen molar-refractivity contribution in [2.24, 2.45) is 5.73 Å². The highest BCUT2D eigenvalue weighted by Crippen LogP contribution is 2.22. The molecule has 0 saturated carbocycles. The zero-order valence-corrected chi connectivity index (χ0v) is 10.00. The van der Waals surface area contributed by atoms with E-state index in [-0.39, 0.29) is 12.5 Å². The summed E-state index contributed by atoms with van der Waals surface area (Å²) in [6.45, 7) is 2.04. The normalized spacial score (nSPS) is 12.4. The molecule has 3 nitrogen and oxygen atoms in total. The van der Waals surface area contributed by atoms with E-state index in [1.165, 1.54) is 0 Å². The third-order valence-electron chi connectivity index (χ3n) is 2.49. The third kappa shape index (κ3) is 3.83. The van der Waals surface area contributed by atoms with Crippen LogP contribution in [0.5, 0.6) is 0 Å². The lowest BCUT2D eigenvalue weighted by Gasteiger charge is -2.12. The van der Waals surface area contributed by atoms with Crippen molar-refractivity contribution in [3.05, 3.63) is 34.3 Å². The van der Waals surface area contributed by atoms with Crippen LogP contribution < -0.4 is 5.73 Å². The Kier molecular flexibility index (Phi) is 4.77. The number of carbonyl (C=O) groups is 1. The minimum Gasteiger partial charge on any atom is -0.481 e. The number of rotatable bonds is 5. The van der Waals surface area contributed by atoms with Crippen LogP contribution in [0.3, 0.4) is 0 Å². The number of carboxylic acid groups (broad SMARTS) is 1. The second-order valence-corrected chi connectivity index (χ2v) is 4.22. The lowest BCUT2D eigenvalue weighted by Crippen LogP contribution is -2.12. The van der Waals surface area contributed by atoms with E-state index in [4.69, 9.17) is 22.4 Å². The Labute approximate surface area is 100 Å². The van der Waals surface area contributed by atoms with Gasteiger partial charge in [-0.2, -0.15) is 0 Å². The number of nitrogens with two attached hydrogens (primary N) is 1. The van der Waals surface area contributed by atoms with Crippen LogP contribution in [0.1, 0.15) is 36.9 Å². The number of aliphatic carboxylic acids is 1. The van der Waals surface area contributed by atoms with Crippen molar-refractivity contribution >= 4 is 17.6 Å².